The molecule has 0 unspecified atom stereocenters. The summed E-state index contributed by atoms with van der Waals surface area (Å²) in [5.41, 5.74) is 4.62. The van der Waals surface area contributed by atoms with E-state index >= 15 is 0 Å². The Bertz CT molecular complexity index is 732. The maximum atomic E-state index is 12.2. The molecule has 1 aliphatic rings. The fraction of sp³-hybridized carbons (Fsp3) is 0.167. The van der Waals surface area contributed by atoms with Gasteiger partial charge >= 0.3 is 0 Å². The van der Waals surface area contributed by atoms with Crippen molar-refractivity contribution in [2.75, 3.05) is 12.4 Å². The van der Waals surface area contributed by atoms with Crippen LogP contribution in [0.2, 0.25) is 0 Å². The van der Waals surface area contributed by atoms with Gasteiger partial charge < -0.3 is 10.1 Å². The highest BCUT2D eigenvalue weighted by molar-refractivity contribution is 6.35. The molecule has 1 heterocycles. The molecule has 0 fully saturated rings. The molecule has 21 heavy (non-hydrogen) atoms. The molecule has 0 spiro atoms. The van der Waals surface area contributed by atoms with Crippen molar-refractivity contribution < 1.29 is 9.53 Å². The monoisotopic (exact) mass is 279 g/mol. The number of methoxy groups -OCH3 is 1. The average Bonchev–Trinajstić information content (AvgIpc) is 2.83. The molecule has 0 radical (unpaired) electrons. The van der Waals surface area contributed by atoms with Crippen molar-refractivity contribution in [1.29, 1.82) is 0 Å². The minimum atomic E-state index is -0.0693. The molecule has 2 aromatic rings. The molecular formula is C18H17NO2. The van der Waals surface area contributed by atoms with E-state index in [4.69, 9.17) is 4.74 Å². The summed E-state index contributed by atoms with van der Waals surface area (Å²) in [6.45, 7) is 2.11. The number of anilines is 1. The van der Waals surface area contributed by atoms with Crippen molar-refractivity contribution in [3.05, 3.63) is 59.2 Å². The summed E-state index contributed by atoms with van der Waals surface area (Å²) < 4.78 is 5.40. The molecule has 106 valence electrons. The molecule has 3 nitrogen and oxygen atoms in total. The summed E-state index contributed by atoms with van der Waals surface area (Å²) >= 11 is 0. The van der Waals surface area contributed by atoms with Crippen molar-refractivity contribution in [2.45, 2.75) is 13.3 Å². The number of benzene rings is 2. The number of para-hydroxylation sites is 1. The van der Waals surface area contributed by atoms with Gasteiger partial charge in [0.15, 0.2) is 0 Å². The Kier molecular flexibility index (Phi) is 3.48. The first-order valence-corrected chi connectivity index (χ1v) is 7.02. The molecule has 0 saturated carbocycles. The van der Waals surface area contributed by atoms with Gasteiger partial charge in [0.25, 0.3) is 5.91 Å². The fourth-order valence-electron chi connectivity index (χ4n) is 2.55. The van der Waals surface area contributed by atoms with Crippen LogP contribution in [0.5, 0.6) is 5.75 Å². The van der Waals surface area contributed by atoms with Crippen molar-refractivity contribution in [3.63, 3.8) is 0 Å². The van der Waals surface area contributed by atoms with Crippen LogP contribution in [-0.2, 0) is 11.2 Å². The molecule has 0 bridgehead atoms. The minimum Gasteiger partial charge on any atom is -0.496 e. The van der Waals surface area contributed by atoms with E-state index in [2.05, 4.69) is 18.3 Å². The summed E-state index contributed by atoms with van der Waals surface area (Å²) in [5.74, 6) is 0.706. The summed E-state index contributed by atoms with van der Waals surface area (Å²) in [5, 5.41) is 2.89. The maximum absolute atomic E-state index is 12.2. The van der Waals surface area contributed by atoms with Crippen LogP contribution < -0.4 is 10.1 Å². The van der Waals surface area contributed by atoms with E-state index in [9.17, 15) is 4.79 Å². The third-order valence-electron chi connectivity index (χ3n) is 3.71. The van der Waals surface area contributed by atoms with Gasteiger partial charge in [-0.05, 0) is 36.3 Å². The highest BCUT2D eigenvalue weighted by Gasteiger charge is 2.23. The van der Waals surface area contributed by atoms with Crippen molar-refractivity contribution in [2.24, 2.45) is 0 Å². The third-order valence-corrected chi connectivity index (χ3v) is 3.71. The zero-order valence-electron chi connectivity index (χ0n) is 12.1. The summed E-state index contributed by atoms with van der Waals surface area (Å²) in [6.07, 6.45) is 2.85. The predicted octanol–water partition coefficient (Wildman–Crippen LogP) is 3.75. The number of carbonyl (C=O) groups is 1. The Balaban J connectivity index is 2.12. The first kappa shape index (κ1) is 13.4. The predicted molar refractivity (Wildman–Crippen MR) is 85.3 cm³/mol. The molecule has 3 rings (SSSR count). The van der Waals surface area contributed by atoms with Crippen LogP contribution >= 0.6 is 0 Å². The average molecular weight is 279 g/mol. The van der Waals surface area contributed by atoms with Gasteiger partial charge in [-0.2, -0.15) is 0 Å². The van der Waals surface area contributed by atoms with E-state index in [0.717, 1.165) is 29.0 Å². The van der Waals surface area contributed by atoms with Crippen LogP contribution in [-0.4, -0.2) is 13.0 Å². The van der Waals surface area contributed by atoms with Gasteiger partial charge in [0.2, 0.25) is 0 Å². The second kappa shape index (κ2) is 5.44. The van der Waals surface area contributed by atoms with Gasteiger partial charge in [-0.3, -0.25) is 4.79 Å². The van der Waals surface area contributed by atoms with Gasteiger partial charge in [-0.25, -0.2) is 0 Å². The van der Waals surface area contributed by atoms with Crippen molar-refractivity contribution >= 4 is 23.2 Å². The van der Waals surface area contributed by atoms with Crippen LogP contribution in [0.4, 0.5) is 5.69 Å². The Morgan fingerprint density at radius 1 is 1.19 bits per heavy atom. The smallest absolute Gasteiger partial charge is 0.256 e. The number of nitrogens with one attached hydrogen (secondary N) is 1. The Morgan fingerprint density at radius 3 is 2.76 bits per heavy atom. The van der Waals surface area contributed by atoms with Gasteiger partial charge in [-0.15, -0.1) is 0 Å². The molecule has 1 N–H and O–H groups in total. The lowest BCUT2D eigenvalue weighted by molar-refractivity contribution is -0.110. The normalized spacial score (nSPS) is 15.0. The molecule has 0 aliphatic carbocycles. The van der Waals surface area contributed by atoms with E-state index in [-0.39, 0.29) is 5.91 Å². The van der Waals surface area contributed by atoms with Crippen LogP contribution in [0.25, 0.3) is 11.6 Å². The fourth-order valence-corrected chi connectivity index (χ4v) is 2.55. The molecule has 3 heteroatoms. The van der Waals surface area contributed by atoms with Crippen molar-refractivity contribution in [3.8, 4) is 5.75 Å². The number of hydrogen-bond donors (Lipinski definition) is 1. The van der Waals surface area contributed by atoms with Gasteiger partial charge in [-0.1, -0.05) is 31.2 Å². The number of hydrogen-bond acceptors (Lipinski definition) is 2. The first-order valence-electron chi connectivity index (χ1n) is 7.02. The summed E-state index contributed by atoms with van der Waals surface area (Å²) in [4.78, 5) is 12.2. The highest BCUT2D eigenvalue weighted by atomic mass is 16.5. The van der Waals surface area contributed by atoms with E-state index < -0.39 is 0 Å². The third kappa shape index (κ3) is 2.42. The Hall–Kier alpha value is -2.55. The SMILES string of the molecule is CCc1ccc(OC)c(/C=C2/C(=O)Nc3ccccc32)c1. The minimum absolute atomic E-state index is 0.0693. The van der Waals surface area contributed by atoms with Gasteiger partial charge in [0.05, 0.1) is 7.11 Å². The number of amides is 1. The van der Waals surface area contributed by atoms with Gasteiger partial charge in [0, 0.05) is 22.4 Å². The lowest BCUT2D eigenvalue weighted by Crippen LogP contribution is -2.03. The summed E-state index contributed by atoms with van der Waals surface area (Å²) in [6, 6.07) is 13.8. The second-order valence-corrected chi connectivity index (χ2v) is 4.99. The quantitative estimate of drug-likeness (QED) is 0.869. The Labute approximate surface area is 124 Å². The first-order chi connectivity index (χ1) is 10.2. The number of ether oxygens (including phenoxy) is 1. The summed E-state index contributed by atoms with van der Waals surface area (Å²) in [7, 11) is 1.64. The molecule has 0 aromatic heterocycles. The van der Waals surface area contributed by atoms with Crippen LogP contribution in [0, 0.1) is 0 Å². The number of fused-ring (bicyclic) bond motifs is 1. The molecule has 0 atom stereocenters. The lowest BCUT2D eigenvalue weighted by atomic mass is 10.0. The van der Waals surface area contributed by atoms with E-state index in [1.54, 1.807) is 7.11 Å². The maximum Gasteiger partial charge on any atom is 0.256 e. The molecule has 1 aliphatic heterocycles. The zero-order valence-corrected chi connectivity index (χ0v) is 12.1. The number of carbonyl (C=O) groups excluding carboxylic acids is 1. The highest BCUT2D eigenvalue weighted by Crippen LogP contribution is 2.34. The standard InChI is InChI=1S/C18H17NO2/c1-3-12-8-9-17(21-2)13(10-12)11-15-14-6-4-5-7-16(14)19-18(15)20/h4-11H,3H2,1-2H3,(H,19,20)/b15-11+. The zero-order chi connectivity index (χ0) is 14.8. The van der Waals surface area contributed by atoms with Gasteiger partial charge in [0.1, 0.15) is 5.75 Å². The van der Waals surface area contributed by atoms with Crippen LogP contribution in [0.3, 0.4) is 0 Å². The topological polar surface area (TPSA) is 38.3 Å². The van der Waals surface area contributed by atoms with Crippen LogP contribution in [0.1, 0.15) is 23.6 Å². The van der Waals surface area contributed by atoms with Crippen molar-refractivity contribution in [1.82, 2.24) is 0 Å². The second-order valence-electron chi connectivity index (χ2n) is 4.99. The molecule has 1 amide bonds. The number of rotatable bonds is 3. The molecule has 2 aromatic carbocycles. The van der Waals surface area contributed by atoms with E-state index in [1.165, 1.54) is 5.56 Å². The van der Waals surface area contributed by atoms with Crippen LogP contribution in [0.15, 0.2) is 42.5 Å². The molecular weight excluding hydrogens is 262 g/mol. The van der Waals surface area contributed by atoms with E-state index in [1.807, 2.05) is 42.5 Å². The largest absolute Gasteiger partial charge is 0.496 e. The van der Waals surface area contributed by atoms with E-state index in [0.29, 0.717) is 5.57 Å². The Morgan fingerprint density at radius 2 is 2.00 bits per heavy atom. The lowest BCUT2D eigenvalue weighted by Gasteiger charge is -2.08. The number of aryl methyl sites for hydroxylation is 1. The molecule has 0 saturated heterocycles.